The third-order valence-electron chi connectivity index (χ3n) is 2.51. The minimum atomic E-state index is -0.538. The molecule has 3 N–H and O–H groups in total. The largest absolute Gasteiger partial charge is 0.396 e. The molecule has 0 atom stereocenters. The van der Waals surface area contributed by atoms with Crippen molar-refractivity contribution in [1.29, 1.82) is 0 Å². The maximum atomic E-state index is 13.0. The number of carbonyl (C=O) groups excluding carboxylic acids is 1. The van der Waals surface area contributed by atoms with E-state index in [2.05, 4.69) is 10.3 Å². The minimum absolute atomic E-state index is 0.0504. The van der Waals surface area contributed by atoms with E-state index >= 15 is 0 Å². The number of halogens is 1. The molecule has 0 aliphatic heterocycles. The molecule has 0 bridgehead atoms. The van der Waals surface area contributed by atoms with E-state index in [0.717, 1.165) is 0 Å². The molecule has 0 radical (unpaired) electrons. The van der Waals surface area contributed by atoms with Crippen LogP contribution in [-0.4, -0.2) is 10.9 Å². The molecule has 1 amide bonds. The predicted molar refractivity (Wildman–Crippen MR) is 67.7 cm³/mol. The molecule has 0 saturated carbocycles. The molecule has 4 nitrogen and oxygen atoms in total. The van der Waals surface area contributed by atoms with E-state index in [1.165, 1.54) is 18.2 Å². The lowest BCUT2D eigenvalue weighted by Crippen LogP contribution is -2.13. The van der Waals surface area contributed by atoms with Crippen LogP contribution in [0.2, 0.25) is 0 Å². The summed E-state index contributed by atoms with van der Waals surface area (Å²) in [6.07, 6.45) is 1.64. The quantitative estimate of drug-likeness (QED) is 0.798. The number of nitrogens with two attached hydrogens (primary N) is 1. The maximum Gasteiger partial charge on any atom is 0.255 e. The number of aryl methyl sites for hydroxylation is 1. The van der Waals surface area contributed by atoms with E-state index in [0.29, 0.717) is 16.9 Å². The van der Waals surface area contributed by atoms with Crippen LogP contribution in [0.1, 0.15) is 16.1 Å². The van der Waals surface area contributed by atoms with Crippen LogP contribution in [0.25, 0.3) is 0 Å². The van der Waals surface area contributed by atoms with Gasteiger partial charge < -0.3 is 11.1 Å². The number of pyridine rings is 1. The monoisotopic (exact) mass is 245 g/mol. The molecular formula is C13H12FN3O. The van der Waals surface area contributed by atoms with Crippen LogP contribution in [-0.2, 0) is 0 Å². The summed E-state index contributed by atoms with van der Waals surface area (Å²) >= 11 is 0. The SMILES string of the molecule is Cc1ncccc1NC(=O)c1ccc(F)c(N)c1. The van der Waals surface area contributed by atoms with Gasteiger partial charge in [0.25, 0.3) is 5.91 Å². The zero-order chi connectivity index (χ0) is 13.1. The molecule has 0 unspecified atom stereocenters. The molecule has 92 valence electrons. The number of hydrogen-bond donors (Lipinski definition) is 2. The standard InChI is InChI=1S/C13H12FN3O/c1-8-12(3-2-6-16-8)17-13(18)9-4-5-10(14)11(15)7-9/h2-7H,15H2,1H3,(H,17,18). The minimum Gasteiger partial charge on any atom is -0.396 e. The first-order valence-electron chi connectivity index (χ1n) is 5.36. The Hall–Kier alpha value is -2.43. The van der Waals surface area contributed by atoms with Crippen molar-refractivity contribution >= 4 is 17.3 Å². The second kappa shape index (κ2) is 4.83. The van der Waals surface area contributed by atoms with Gasteiger partial charge in [0.05, 0.1) is 17.1 Å². The molecule has 2 rings (SSSR count). The second-order valence-electron chi connectivity index (χ2n) is 3.83. The number of nitrogens with zero attached hydrogens (tertiary/aromatic N) is 1. The van der Waals surface area contributed by atoms with Crippen molar-refractivity contribution in [2.75, 3.05) is 11.1 Å². The summed E-state index contributed by atoms with van der Waals surface area (Å²) in [7, 11) is 0. The molecule has 5 heteroatoms. The molecule has 1 heterocycles. The number of nitrogens with one attached hydrogen (secondary N) is 1. The number of hydrogen-bond acceptors (Lipinski definition) is 3. The molecule has 2 aromatic rings. The zero-order valence-corrected chi connectivity index (χ0v) is 9.77. The van der Waals surface area contributed by atoms with Gasteiger partial charge in [-0.05, 0) is 37.3 Å². The van der Waals surface area contributed by atoms with Crippen molar-refractivity contribution in [2.24, 2.45) is 0 Å². The fourth-order valence-electron chi connectivity index (χ4n) is 1.50. The first kappa shape index (κ1) is 12.0. The number of amides is 1. The Morgan fingerprint density at radius 2 is 2.17 bits per heavy atom. The third-order valence-corrected chi connectivity index (χ3v) is 2.51. The van der Waals surface area contributed by atoms with E-state index in [9.17, 15) is 9.18 Å². The second-order valence-corrected chi connectivity index (χ2v) is 3.83. The average Bonchev–Trinajstić information content (AvgIpc) is 2.35. The van der Waals surface area contributed by atoms with Gasteiger partial charge in [-0.15, -0.1) is 0 Å². The summed E-state index contributed by atoms with van der Waals surface area (Å²) in [5, 5.41) is 2.69. The van der Waals surface area contributed by atoms with Gasteiger partial charge >= 0.3 is 0 Å². The van der Waals surface area contributed by atoms with Gasteiger partial charge in [0.1, 0.15) is 5.82 Å². The molecule has 0 spiro atoms. The summed E-state index contributed by atoms with van der Waals surface area (Å²) in [6.45, 7) is 1.79. The number of carbonyl (C=O) groups is 1. The average molecular weight is 245 g/mol. The number of rotatable bonds is 2. The van der Waals surface area contributed by atoms with E-state index in [1.807, 2.05) is 0 Å². The molecule has 1 aromatic carbocycles. The van der Waals surface area contributed by atoms with Crippen molar-refractivity contribution in [2.45, 2.75) is 6.92 Å². The molecule has 0 aliphatic rings. The topological polar surface area (TPSA) is 68.0 Å². The van der Waals surface area contributed by atoms with E-state index < -0.39 is 5.82 Å². The Balaban J connectivity index is 2.22. The Bertz CT molecular complexity index is 599. The van der Waals surface area contributed by atoms with Crippen molar-refractivity contribution < 1.29 is 9.18 Å². The maximum absolute atomic E-state index is 13.0. The molecule has 1 aromatic heterocycles. The number of aromatic nitrogens is 1. The highest BCUT2D eigenvalue weighted by atomic mass is 19.1. The Labute approximate surface area is 104 Å². The summed E-state index contributed by atoms with van der Waals surface area (Å²) in [5.74, 6) is -0.887. The van der Waals surface area contributed by atoms with Gasteiger partial charge in [0.2, 0.25) is 0 Å². The van der Waals surface area contributed by atoms with Crippen molar-refractivity contribution in [3.63, 3.8) is 0 Å². The Morgan fingerprint density at radius 3 is 2.83 bits per heavy atom. The smallest absolute Gasteiger partial charge is 0.255 e. The summed E-state index contributed by atoms with van der Waals surface area (Å²) in [6, 6.07) is 7.32. The summed E-state index contributed by atoms with van der Waals surface area (Å²) < 4.78 is 13.0. The van der Waals surface area contributed by atoms with E-state index in [4.69, 9.17) is 5.73 Å². The zero-order valence-electron chi connectivity index (χ0n) is 9.77. The first-order chi connectivity index (χ1) is 8.58. The molecule has 0 saturated heterocycles. The number of anilines is 2. The normalized spacial score (nSPS) is 10.1. The van der Waals surface area contributed by atoms with Gasteiger partial charge in [-0.1, -0.05) is 0 Å². The lowest BCUT2D eigenvalue weighted by Gasteiger charge is -2.07. The highest BCUT2D eigenvalue weighted by Gasteiger charge is 2.09. The van der Waals surface area contributed by atoms with Gasteiger partial charge in [0.15, 0.2) is 0 Å². The molecular weight excluding hydrogens is 233 g/mol. The van der Waals surface area contributed by atoms with Crippen molar-refractivity contribution in [3.8, 4) is 0 Å². The fourth-order valence-corrected chi connectivity index (χ4v) is 1.50. The van der Waals surface area contributed by atoms with Crippen molar-refractivity contribution in [3.05, 3.63) is 53.6 Å². The Morgan fingerprint density at radius 1 is 1.39 bits per heavy atom. The van der Waals surface area contributed by atoms with Crippen LogP contribution in [0.3, 0.4) is 0 Å². The molecule has 0 fully saturated rings. The highest BCUT2D eigenvalue weighted by molar-refractivity contribution is 6.05. The van der Waals surface area contributed by atoms with E-state index in [-0.39, 0.29) is 11.6 Å². The van der Waals surface area contributed by atoms with Crippen LogP contribution in [0.5, 0.6) is 0 Å². The van der Waals surface area contributed by atoms with Crippen LogP contribution in [0, 0.1) is 12.7 Å². The van der Waals surface area contributed by atoms with Gasteiger partial charge in [-0.2, -0.15) is 0 Å². The predicted octanol–water partition coefficient (Wildman–Crippen LogP) is 2.36. The van der Waals surface area contributed by atoms with Gasteiger partial charge in [0, 0.05) is 11.8 Å². The van der Waals surface area contributed by atoms with Gasteiger partial charge in [-0.3, -0.25) is 9.78 Å². The number of benzene rings is 1. The van der Waals surface area contributed by atoms with Crippen LogP contribution >= 0.6 is 0 Å². The van der Waals surface area contributed by atoms with Gasteiger partial charge in [-0.25, -0.2) is 4.39 Å². The van der Waals surface area contributed by atoms with Crippen LogP contribution in [0.15, 0.2) is 36.5 Å². The third kappa shape index (κ3) is 2.45. The van der Waals surface area contributed by atoms with Crippen molar-refractivity contribution in [1.82, 2.24) is 4.98 Å². The lowest BCUT2D eigenvalue weighted by atomic mass is 10.1. The van der Waals surface area contributed by atoms with E-state index in [1.54, 1.807) is 25.3 Å². The Kier molecular flexibility index (Phi) is 3.23. The molecule has 18 heavy (non-hydrogen) atoms. The summed E-state index contributed by atoms with van der Waals surface area (Å²) in [4.78, 5) is 16.0. The summed E-state index contributed by atoms with van der Waals surface area (Å²) in [5.41, 5.74) is 6.99. The molecule has 0 aliphatic carbocycles. The lowest BCUT2D eigenvalue weighted by molar-refractivity contribution is 0.102. The number of nitrogen functional groups attached to an aromatic ring is 1. The van der Waals surface area contributed by atoms with Crippen LogP contribution < -0.4 is 11.1 Å². The fraction of sp³-hybridized carbons (Fsp3) is 0.0769. The highest BCUT2D eigenvalue weighted by Crippen LogP contribution is 2.15. The first-order valence-corrected chi connectivity index (χ1v) is 5.36. The van der Waals surface area contributed by atoms with Crippen LogP contribution in [0.4, 0.5) is 15.8 Å².